The lowest BCUT2D eigenvalue weighted by Crippen LogP contribution is -2.37. The number of carbonyl (C=O) groups is 1. The molecule has 3 nitrogen and oxygen atoms in total. The lowest BCUT2D eigenvalue weighted by Gasteiger charge is -2.30. The Balaban J connectivity index is 2.33. The summed E-state index contributed by atoms with van der Waals surface area (Å²) in [5.74, 6) is 0.651. The van der Waals surface area contributed by atoms with E-state index in [4.69, 9.17) is 4.74 Å². The van der Waals surface area contributed by atoms with Crippen LogP contribution in [0.5, 0.6) is 0 Å². The molecule has 0 unspecified atom stereocenters. The Morgan fingerprint density at radius 3 is 2.29 bits per heavy atom. The largest absolute Gasteiger partial charge is 0.444 e. The number of alkyl halides is 1. The summed E-state index contributed by atoms with van der Waals surface area (Å²) in [4.78, 5) is 13.5. The number of carbonyl (C=O) groups excluding carboxylic acids is 1. The zero-order chi connectivity index (χ0) is 13.1. The zero-order valence-corrected chi connectivity index (χ0v) is 13.5. The zero-order valence-electron chi connectivity index (χ0n) is 11.3. The highest BCUT2D eigenvalue weighted by molar-refractivity contribution is 14.1. The van der Waals surface area contributed by atoms with Crippen LogP contribution < -0.4 is 0 Å². The van der Waals surface area contributed by atoms with Gasteiger partial charge in [-0.25, -0.2) is 4.79 Å². The monoisotopic (exact) mass is 353 g/mol. The van der Waals surface area contributed by atoms with Gasteiger partial charge in [-0.3, -0.25) is 0 Å². The van der Waals surface area contributed by atoms with E-state index in [-0.39, 0.29) is 6.09 Å². The maximum absolute atomic E-state index is 11.8. The van der Waals surface area contributed by atoms with Crippen LogP contribution in [0.25, 0.3) is 0 Å². The molecule has 0 radical (unpaired) electrons. The van der Waals surface area contributed by atoms with Crippen LogP contribution in [-0.4, -0.2) is 34.1 Å². The average Bonchev–Trinajstić information content (AvgIpc) is 2.19. The van der Waals surface area contributed by atoms with Crippen LogP contribution >= 0.6 is 22.6 Å². The fraction of sp³-hybridized carbons (Fsp3) is 0.923. The lowest BCUT2D eigenvalue weighted by molar-refractivity contribution is 0.0263. The molecule has 1 saturated carbocycles. The fourth-order valence-electron chi connectivity index (χ4n) is 2.11. The summed E-state index contributed by atoms with van der Waals surface area (Å²) in [6.07, 6.45) is 4.84. The molecular weight excluding hydrogens is 329 g/mol. The summed E-state index contributed by atoms with van der Waals surface area (Å²) in [6.45, 7) is 6.54. The van der Waals surface area contributed by atoms with Crippen LogP contribution in [0.3, 0.4) is 0 Å². The highest BCUT2D eigenvalue weighted by atomic mass is 127. The van der Waals surface area contributed by atoms with Crippen LogP contribution in [0.2, 0.25) is 0 Å². The molecule has 0 bridgehead atoms. The first-order valence-electron chi connectivity index (χ1n) is 6.36. The van der Waals surface area contributed by atoms with Gasteiger partial charge in [-0.15, -0.1) is 0 Å². The van der Waals surface area contributed by atoms with Gasteiger partial charge in [0.05, 0.1) is 0 Å². The smallest absolute Gasteiger partial charge is 0.410 e. The number of halogens is 1. The minimum Gasteiger partial charge on any atom is -0.444 e. The molecule has 0 aromatic rings. The first-order valence-corrected chi connectivity index (χ1v) is 7.60. The molecule has 1 rings (SSSR count). The molecule has 0 saturated heterocycles. The molecule has 0 atom stereocenters. The number of hydrogen-bond donors (Lipinski definition) is 0. The van der Waals surface area contributed by atoms with Crippen LogP contribution in [0.15, 0.2) is 0 Å². The normalized spacial score (nSPS) is 25.5. The molecule has 0 aliphatic heterocycles. The summed E-state index contributed by atoms with van der Waals surface area (Å²) in [6, 6.07) is 0. The number of rotatable bonds is 2. The number of amides is 1. The predicted molar refractivity (Wildman–Crippen MR) is 78.6 cm³/mol. The molecule has 17 heavy (non-hydrogen) atoms. The van der Waals surface area contributed by atoms with Crippen molar-refractivity contribution in [3.05, 3.63) is 0 Å². The molecule has 1 aliphatic rings. The van der Waals surface area contributed by atoms with E-state index >= 15 is 0 Å². The lowest BCUT2D eigenvalue weighted by atomic mass is 9.89. The summed E-state index contributed by atoms with van der Waals surface area (Å²) >= 11 is 2.53. The SMILES string of the molecule is CN(CC1CCC(I)CC1)C(=O)OC(C)(C)C. The number of ether oxygens (including phenoxy) is 1. The first kappa shape index (κ1) is 15.1. The standard InChI is InChI=1S/C13H24INO2/c1-13(2,3)17-12(16)15(4)9-10-5-7-11(14)8-6-10/h10-11H,5-9H2,1-4H3. The van der Waals surface area contributed by atoms with Gasteiger partial charge < -0.3 is 9.64 Å². The molecule has 1 fully saturated rings. The second-order valence-electron chi connectivity index (χ2n) is 5.98. The Morgan fingerprint density at radius 1 is 1.29 bits per heavy atom. The minimum absolute atomic E-state index is 0.200. The maximum Gasteiger partial charge on any atom is 0.410 e. The summed E-state index contributed by atoms with van der Waals surface area (Å²) in [5.41, 5.74) is -0.398. The summed E-state index contributed by atoms with van der Waals surface area (Å²) in [7, 11) is 1.84. The van der Waals surface area contributed by atoms with Gasteiger partial charge >= 0.3 is 6.09 Å². The van der Waals surface area contributed by atoms with Crippen molar-refractivity contribution in [2.75, 3.05) is 13.6 Å². The maximum atomic E-state index is 11.8. The van der Waals surface area contributed by atoms with E-state index < -0.39 is 5.60 Å². The molecular formula is C13H24INO2. The van der Waals surface area contributed by atoms with E-state index in [0.29, 0.717) is 5.92 Å². The Morgan fingerprint density at radius 2 is 1.82 bits per heavy atom. The van der Waals surface area contributed by atoms with Gasteiger partial charge in [0.15, 0.2) is 0 Å². The van der Waals surface area contributed by atoms with Crippen molar-refractivity contribution in [3.8, 4) is 0 Å². The molecule has 4 heteroatoms. The van der Waals surface area contributed by atoms with Crippen molar-refractivity contribution in [2.45, 2.75) is 56.0 Å². The topological polar surface area (TPSA) is 29.5 Å². The van der Waals surface area contributed by atoms with Crippen LogP contribution in [0.4, 0.5) is 4.79 Å². The van der Waals surface area contributed by atoms with Crippen molar-refractivity contribution in [1.29, 1.82) is 0 Å². The van der Waals surface area contributed by atoms with Crippen molar-refractivity contribution in [3.63, 3.8) is 0 Å². The van der Waals surface area contributed by atoms with E-state index in [1.165, 1.54) is 25.7 Å². The highest BCUT2D eigenvalue weighted by Crippen LogP contribution is 2.29. The predicted octanol–water partition coefficient (Wildman–Crippen LogP) is 3.85. The van der Waals surface area contributed by atoms with Gasteiger partial charge in [-0.2, -0.15) is 0 Å². The third-order valence-corrected chi connectivity index (χ3v) is 4.26. The second-order valence-corrected chi connectivity index (χ2v) is 7.74. The Labute approximate surface area is 118 Å². The third kappa shape index (κ3) is 5.93. The van der Waals surface area contributed by atoms with E-state index in [1.807, 2.05) is 27.8 Å². The third-order valence-electron chi connectivity index (χ3n) is 3.01. The Hall–Kier alpha value is 0. The number of nitrogens with zero attached hydrogens (tertiary/aromatic N) is 1. The van der Waals surface area contributed by atoms with Crippen molar-refractivity contribution in [1.82, 2.24) is 4.90 Å². The van der Waals surface area contributed by atoms with E-state index in [9.17, 15) is 4.79 Å². The van der Waals surface area contributed by atoms with E-state index in [1.54, 1.807) is 4.90 Å². The fourth-order valence-corrected chi connectivity index (χ4v) is 2.83. The molecule has 1 amide bonds. The van der Waals surface area contributed by atoms with Crippen LogP contribution in [-0.2, 0) is 4.74 Å². The molecule has 100 valence electrons. The first-order chi connectivity index (χ1) is 7.78. The van der Waals surface area contributed by atoms with Crippen molar-refractivity contribution < 1.29 is 9.53 Å². The molecule has 0 aromatic carbocycles. The minimum atomic E-state index is -0.398. The molecule has 0 N–H and O–H groups in total. The molecule has 0 spiro atoms. The van der Waals surface area contributed by atoms with Gasteiger partial charge in [0.2, 0.25) is 0 Å². The summed E-state index contributed by atoms with van der Waals surface area (Å²) in [5, 5.41) is 0. The highest BCUT2D eigenvalue weighted by Gasteiger charge is 2.24. The van der Waals surface area contributed by atoms with E-state index in [2.05, 4.69) is 22.6 Å². The van der Waals surface area contributed by atoms with Gasteiger partial charge in [0.1, 0.15) is 5.60 Å². The molecule has 0 aromatic heterocycles. The van der Waals surface area contributed by atoms with Crippen molar-refractivity contribution in [2.24, 2.45) is 5.92 Å². The van der Waals surface area contributed by atoms with Crippen molar-refractivity contribution >= 4 is 28.7 Å². The Kier molecular flexibility index (Phi) is 5.54. The number of hydrogen-bond acceptors (Lipinski definition) is 2. The second kappa shape index (κ2) is 6.25. The Bertz CT molecular complexity index is 255. The summed E-state index contributed by atoms with van der Waals surface area (Å²) < 4.78 is 6.18. The van der Waals surface area contributed by atoms with Gasteiger partial charge in [-0.1, -0.05) is 22.6 Å². The van der Waals surface area contributed by atoms with Crippen LogP contribution in [0, 0.1) is 5.92 Å². The van der Waals surface area contributed by atoms with Gasteiger partial charge in [-0.05, 0) is 52.4 Å². The van der Waals surface area contributed by atoms with Gasteiger partial charge in [0, 0.05) is 17.5 Å². The van der Waals surface area contributed by atoms with Crippen LogP contribution in [0.1, 0.15) is 46.5 Å². The van der Waals surface area contributed by atoms with Gasteiger partial charge in [0.25, 0.3) is 0 Å². The average molecular weight is 353 g/mol. The molecule has 0 heterocycles. The van der Waals surface area contributed by atoms with E-state index in [0.717, 1.165) is 10.5 Å². The quantitative estimate of drug-likeness (QED) is 0.558. The molecule has 1 aliphatic carbocycles.